The van der Waals surface area contributed by atoms with Crippen LogP contribution in [-0.4, -0.2) is 46.5 Å². The third kappa shape index (κ3) is 3.76. The lowest BCUT2D eigenvalue weighted by molar-refractivity contribution is 0.280. The first-order valence-electron chi connectivity index (χ1n) is 4.40. The van der Waals surface area contributed by atoms with Gasteiger partial charge in [0.1, 0.15) is 5.82 Å². The summed E-state index contributed by atoms with van der Waals surface area (Å²) in [7, 11) is 0. The quantitative estimate of drug-likeness (QED) is 0.634. The first kappa shape index (κ1) is 14.8. The Morgan fingerprint density at radius 2 is 1.94 bits per heavy atom. The van der Waals surface area contributed by atoms with E-state index in [0.29, 0.717) is 0 Å². The highest BCUT2D eigenvalue weighted by atomic mass is 35.5. The molecule has 0 saturated carbocycles. The molecule has 8 heteroatoms. The van der Waals surface area contributed by atoms with Gasteiger partial charge >= 0.3 is 5.69 Å². The fraction of sp³-hybridized carbons (Fsp3) is 0.500. The number of aliphatic hydroxyl groups is 2. The Bertz CT molecular complexity index is 368. The van der Waals surface area contributed by atoms with E-state index < -0.39 is 11.5 Å². The van der Waals surface area contributed by atoms with Crippen LogP contribution in [0.2, 0.25) is 0 Å². The molecule has 0 amide bonds. The van der Waals surface area contributed by atoms with E-state index in [1.807, 2.05) is 0 Å². The summed E-state index contributed by atoms with van der Waals surface area (Å²) in [5, 5.41) is 17.5. The minimum Gasteiger partial charge on any atom is -0.395 e. The van der Waals surface area contributed by atoms with Crippen LogP contribution < -0.4 is 10.6 Å². The number of rotatable bonds is 5. The molecule has 1 rings (SSSR count). The van der Waals surface area contributed by atoms with Gasteiger partial charge in [-0.15, -0.1) is 12.4 Å². The largest absolute Gasteiger partial charge is 0.395 e. The minimum atomic E-state index is -0.698. The van der Waals surface area contributed by atoms with Gasteiger partial charge in [0.15, 0.2) is 5.82 Å². The fourth-order valence-electron chi connectivity index (χ4n) is 1.18. The number of aromatic amines is 1. The minimum absolute atomic E-state index is 0. The predicted octanol–water partition coefficient (Wildman–Crippen LogP) is -0.878. The highest BCUT2D eigenvalue weighted by molar-refractivity contribution is 5.85. The van der Waals surface area contributed by atoms with Crippen molar-refractivity contribution in [2.24, 2.45) is 0 Å². The van der Waals surface area contributed by atoms with E-state index in [0.717, 1.165) is 6.20 Å². The predicted molar refractivity (Wildman–Crippen MR) is 58.4 cm³/mol. The van der Waals surface area contributed by atoms with E-state index in [9.17, 15) is 9.18 Å². The summed E-state index contributed by atoms with van der Waals surface area (Å²) in [6, 6.07) is 0. The lowest BCUT2D eigenvalue weighted by Crippen LogP contribution is -2.33. The molecule has 1 heterocycles. The second-order valence-electron chi connectivity index (χ2n) is 2.82. The summed E-state index contributed by atoms with van der Waals surface area (Å²) in [5.74, 6) is -0.769. The van der Waals surface area contributed by atoms with Gasteiger partial charge in [0.2, 0.25) is 0 Å². The van der Waals surface area contributed by atoms with Crippen molar-refractivity contribution in [3.63, 3.8) is 0 Å². The molecular formula is C8H13ClFN3O3. The molecule has 0 unspecified atom stereocenters. The molecule has 0 bridgehead atoms. The summed E-state index contributed by atoms with van der Waals surface area (Å²) in [4.78, 5) is 17.6. The van der Waals surface area contributed by atoms with Gasteiger partial charge in [-0.2, -0.15) is 4.98 Å². The molecule has 1 aromatic heterocycles. The SMILES string of the molecule is Cl.O=c1ncc(F)c(N(CCO)CCO)[nH]1. The van der Waals surface area contributed by atoms with Gasteiger partial charge in [0.25, 0.3) is 0 Å². The molecule has 1 aromatic rings. The number of nitrogens with zero attached hydrogens (tertiary/aromatic N) is 2. The van der Waals surface area contributed by atoms with E-state index in [4.69, 9.17) is 10.2 Å². The van der Waals surface area contributed by atoms with Crippen LogP contribution in [0.3, 0.4) is 0 Å². The Balaban J connectivity index is 0.00000225. The van der Waals surface area contributed by atoms with Crippen molar-refractivity contribution in [3.8, 4) is 0 Å². The number of anilines is 1. The Hall–Kier alpha value is -1.18. The summed E-state index contributed by atoms with van der Waals surface area (Å²) in [5.41, 5.74) is -0.674. The number of nitrogens with one attached hydrogen (secondary N) is 1. The first-order valence-corrected chi connectivity index (χ1v) is 4.40. The van der Waals surface area contributed by atoms with Crippen LogP contribution in [0.15, 0.2) is 11.0 Å². The van der Waals surface area contributed by atoms with Crippen molar-refractivity contribution in [2.75, 3.05) is 31.2 Å². The Morgan fingerprint density at radius 3 is 2.44 bits per heavy atom. The molecule has 16 heavy (non-hydrogen) atoms. The van der Waals surface area contributed by atoms with Gasteiger partial charge in [-0.05, 0) is 0 Å². The van der Waals surface area contributed by atoms with Crippen molar-refractivity contribution < 1.29 is 14.6 Å². The van der Waals surface area contributed by atoms with Gasteiger partial charge in [-0.3, -0.25) is 4.98 Å². The molecular weight excluding hydrogens is 241 g/mol. The molecule has 0 aliphatic rings. The molecule has 0 spiro atoms. The zero-order valence-electron chi connectivity index (χ0n) is 8.39. The zero-order chi connectivity index (χ0) is 11.3. The topological polar surface area (TPSA) is 89.5 Å². The van der Waals surface area contributed by atoms with Crippen LogP contribution in [-0.2, 0) is 0 Å². The van der Waals surface area contributed by atoms with Gasteiger partial charge in [-0.25, -0.2) is 9.18 Å². The third-order valence-corrected chi connectivity index (χ3v) is 1.80. The normalized spacial score (nSPS) is 9.69. The third-order valence-electron chi connectivity index (χ3n) is 1.80. The molecule has 0 fully saturated rings. The van der Waals surface area contributed by atoms with Crippen LogP contribution in [0.1, 0.15) is 0 Å². The second-order valence-corrected chi connectivity index (χ2v) is 2.82. The molecule has 0 radical (unpaired) electrons. The molecule has 3 N–H and O–H groups in total. The van der Waals surface area contributed by atoms with Crippen LogP contribution in [0.25, 0.3) is 0 Å². The Morgan fingerprint density at radius 1 is 1.38 bits per heavy atom. The fourth-order valence-corrected chi connectivity index (χ4v) is 1.18. The highest BCUT2D eigenvalue weighted by Gasteiger charge is 2.11. The van der Waals surface area contributed by atoms with Gasteiger partial charge < -0.3 is 15.1 Å². The summed E-state index contributed by atoms with van der Waals surface area (Å²) in [6.45, 7) is -0.164. The molecule has 0 atom stereocenters. The van der Waals surface area contributed by atoms with Crippen LogP contribution in [0.5, 0.6) is 0 Å². The van der Waals surface area contributed by atoms with Crippen molar-refractivity contribution in [1.29, 1.82) is 0 Å². The summed E-state index contributed by atoms with van der Waals surface area (Å²) in [6.07, 6.45) is 0.802. The average Bonchev–Trinajstić information content (AvgIpc) is 2.21. The molecule has 0 aliphatic carbocycles. The van der Waals surface area contributed by atoms with Gasteiger partial charge in [-0.1, -0.05) is 0 Å². The monoisotopic (exact) mass is 253 g/mol. The van der Waals surface area contributed by atoms with E-state index in [1.54, 1.807) is 0 Å². The van der Waals surface area contributed by atoms with E-state index in [2.05, 4.69) is 9.97 Å². The zero-order valence-corrected chi connectivity index (χ0v) is 9.21. The molecule has 0 saturated heterocycles. The van der Waals surface area contributed by atoms with Crippen LogP contribution >= 0.6 is 12.4 Å². The summed E-state index contributed by atoms with van der Waals surface area (Å²) >= 11 is 0. The first-order chi connectivity index (χ1) is 7.19. The van der Waals surface area contributed by atoms with E-state index in [1.165, 1.54) is 4.90 Å². The molecule has 92 valence electrons. The number of H-pyrrole nitrogens is 1. The van der Waals surface area contributed by atoms with Crippen molar-refractivity contribution >= 4 is 18.2 Å². The van der Waals surface area contributed by atoms with Crippen molar-refractivity contribution in [1.82, 2.24) is 9.97 Å². The average molecular weight is 254 g/mol. The molecule has 0 aliphatic heterocycles. The molecule has 0 aromatic carbocycles. The lowest BCUT2D eigenvalue weighted by atomic mass is 10.4. The van der Waals surface area contributed by atoms with E-state index in [-0.39, 0.29) is 44.5 Å². The number of hydrogen-bond donors (Lipinski definition) is 3. The number of hydrogen-bond acceptors (Lipinski definition) is 5. The standard InChI is InChI=1S/C8H12FN3O3.ClH/c9-6-5-10-8(15)11-7(6)12(1-3-13)2-4-14;/h5,13-14H,1-4H2,(H,10,11,15);1H. The maximum Gasteiger partial charge on any atom is 0.346 e. The lowest BCUT2D eigenvalue weighted by Gasteiger charge is -2.22. The molecule has 6 nitrogen and oxygen atoms in total. The van der Waals surface area contributed by atoms with E-state index >= 15 is 0 Å². The van der Waals surface area contributed by atoms with Crippen molar-refractivity contribution in [2.45, 2.75) is 0 Å². The number of aromatic nitrogens is 2. The Kier molecular flexibility index (Phi) is 6.63. The van der Waals surface area contributed by atoms with Crippen molar-refractivity contribution in [3.05, 3.63) is 22.5 Å². The van der Waals surface area contributed by atoms with Crippen LogP contribution in [0.4, 0.5) is 10.2 Å². The van der Waals surface area contributed by atoms with Gasteiger partial charge in [0.05, 0.1) is 19.4 Å². The van der Waals surface area contributed by atoms with Crippen LogP contribution in [0, 0.1) is 5.82 Å². The highest BCUT2D eigenvalue weighted by Crippen LogP contribution is 2.11. The number of halogens is 2. The summed E-state index contributed by atoms with van der Waals surface area (Å²) < 4.78 is 13.2. The maximum absolute atomic E-state index is 13.2. The van der Waals surface area contributed by atoms with Gasteiger partial charge in [0, 0.05) is 13.1 Å². The second kappa shape index (κ2) is 7.15. The smallest absolute Gasteiger partial charge is 0.346 e. The maximum atomic E-state index is 13.2. The Labute approximate surface area is 97.2 Å². The number of aliphatic hydroxyl groups excluding tert-OH is 2.